The molecule has 0 aliphatic carbocycles. The summed E-state index contributed by atoms with van der Waals surface area (Å²) in [7, 11) is 0. The van der Waals surface area contributed by atoms with Gasteiger partial charge in [0.1, 0.15) is 0 Å². The van der Waals surface area contributed by atoms with Crippen LogP contribution in [-0.4, -0.2) is 60.6 Å². The number of piperazine rings is 1. The van der Waals surface area contributed by atoms with Gasteiger partial charge in [0.2, 0.25) is 0 Å². The van der Waals surface area contributed by atoms with Crippen molar-refractivity contribution in [2.45, 2.75) is 6.18 Å². The van der Waals surface area contributed by atoms with Crippen LogP contribution in [-0.2, 0) is 0 Å². The largest absolute Gasteiger partial charge is 0.401 e. The Kier molecular flexibility index (Phi) is 4.09. The second kappa shape index (κ2) is 4.72. The van der Waals surface area contributed by atoms with Crippen molar-refractivity contribution in [3.63, 3.8) is 0 Å². The van der Waals surface area contributed by atoms with Crippen molar-refractivity contribution in [3.05, 3.63) is 0 Å². The van der Waals surface area contributed by atoms with Crippen LogP contribution in [0.1, 0.15) is 0 Å². The van der Waals surface area contributed by atoms with Gasteiger partial charge in [-0.25, -0.2) is 11.1 Å². The molecule has 1 fully saturated rings. The lowest BCUT2D eigenvalue weighted by Gasteiger charge is -2.38. The van der Waals surface area contributed by atoms with E-state index in [9.17, 15) is 13.2 Å². The Morgan fingerprint density at radius 2 is 1.57 bits per heavy atom. The van der Waals surface area contributed by atoms with Crippen molar-refractivity contribution in [3.8, 4) is 0 Å². The predicted molar refractivity (Wildman–Crippen MR) is 54.9 cm³/mol. The van der Waals surface area contributed by atoms with Gasteiger partial charge in [0.15, 0.2) is 0 Å². The van der Waals surface area contributed by atoms with Crippen molar-refractivity contribution in [2.75, 3.05) is 45.2 Å². The lowest BCUT2D eigenvalue weighted by Crippen LogP contribution is -2.47. The fraction of sp³-hybridized carbons (Fsp3) is 1.00. The van der Waals surface area contributed by atoms with Gasteiger partial charge in [0.05, 0.1) is 6.54 Å². The first-order chi connectivity index (χ1) is 6.38. The Morgan fingerprint density at radius 3 is 1.93 bits per heavy atom. The molecule has 0 atom stereocenters. The summed E-state index contributed by atoms with van der Waals surface area (Å²) >= 11 is -0.145. The standard InChI is InChI=1S/C8H17F3N2S/c1-14(2)13-5-3-12(4-6-13)7-8(9,10)11/h14H,3-7H2,1-2H3. The summed E-state index contributed by atoms with van der Waals surface area (Å²) in [6.45, 7) is 1.87. The molecule has 0 N–H and O–H groups in total. The monoisotopic (exact) mass is 230 g/mol. The van der Waals surface area contributed by atoms with Crippen LogP contribution in [0.3, 0.4) is 0 Å². The van der Waals surface area contributed by atoms with E-state index < -0.39 is 12.7 Å². The highest BCUT2D eigenvalue weighted by atomic mass is 32.2. The molecule has 1 rings (SSSR count). The van der Waals surface area contributed by atoms with Crippen LogP contribution in [0.2, 0.25) is 0 Å². The molecule has 0 saturated carbocycles. The zero-order valence-electron chi connectivity index (χ0n) is 8.51. The van der Waals surface area contributed by atoms with Crippen LogP contribution in [0, 0.1) is 0 Å². The second-order valence-electron chi connectivity index (χ2n) is 3.69. The number of hydrogen-bond donors (Lipinski definition) is 1. The zero-order chi connectivity index (χ0) is 10.8. The molecule has 6 heteroatoms. The first kappa shape index (κ1) is 12.1. The number of hydrogen-bond acceptors (Lipinski definition) is 2. The summed E-state index contributed by atoms with van der Waals surface area (Å²) in [5.74, 6) is 0. The molecule has 1 aliphatic rings. The van der Waals surface area contributed by atoms with Crippen LogP contribution in [0.15, 0.2) is 0 Å². The SMILES string of the molecule is C[SH](C)N1CCN(CC(F)(F)F)CC1. The minimum atomic E-state index is -4.05. The first-order valence-corrected chi connectivity index (χ1v) is 6.78. The van der Waals surface area contributed by atoms with Crippen LogP contribution in [0.25, 0.3) is 0 Å². The molecule has 0 aromatic carbocycles. The highest BCUT2D eigenvalue weighted by Gasteiger charge is 2.32. The summed E-state index contributed by atoms with van der Waals surface area (Å²) in [5.41, 5.74) is 0. The van der Waals surface area contributed by atoms with Gasteiger partial charge < -0.3 is 0 Å². The van der Waals surface area contributed by atoms with Gasteiger partial charge in [0.25, 0.3) is 0 Å². The highest BCUT2D eigenvalue weighted by molar-refractivity contribution is 8.13. The van der Waals surface area contributed by atoms with E-state index in [-0.39, 0.29) is 11.1 Å². The molecule has 0 bridgehead atoms. The third-order valence-corrected chi connectivity index (χ3v) is 3.85. The molecule has 1 saturated heterocycles. The summed E-state index contributed by atoms with van der Waals surface area (Å²) in [6.07, 6.45) is 0.217. The maximum absolute atomic E-state index is 12.0. The summed E-state index contributed by atoms with van der Waals surface area (Å²) < 4.78 is 38.4. The zero-order valence-corrected chi connectivity index (χ0v) is 9.41. The van der Waals surface area contributed by atoms with Crippen LogP contribution in [0.4, 0.5) is 13.2 Å². The molecule has 0 radical (unpaired) electrons. The van der Waals surface area contributed by atoms with E-state index in [2.05, 4.69) is 16.8 Å². The number of alkyl halides is 3. The molecular formula is C8H17F3N2S. The average Bonchev–Trinajstić information content (AvgIpc) is 2.02. The molecule has 1 heterocycles. The highest BCUT2D eigenvalue weighted by Crippen LogP contribution is 2.24. The van der Waals surface area contributed by atoms with Gasteiger partial charge in [-0.05, 0) is 12.5 Å². The number of halogens is 3. The Hall–Kier alpha value is 0.0600. The van der Waals surface area contributed by atoms with Crippen molar-refractivity contribution < 1.29 is 13.2 Å². The summed E-state index contributed by atoms with van der Waals surface area (Å²) in [6, 6.07) is 0. The molecular weight excluding hydrogens is 213 g/mol. The second-order valence-corrected chi connectivity index (χ2v) is 5.95. The van der Waals surface area contributed by atoms with Crippen LogP contribution < -0.4 is 0 Å². The molecule has 0 spiro atoms. The topological polar surface area (TPSA) is 6.48 Å². The summed E-state index contributed by atoms with van der Waals surface area (Å²) in [4.78, 5) is 1.48. The van der Waals surface area contributed by atoms with E-state index in [1.165, 1.54) is 4.90 Å². The van der Waals surface area contributed by atoms with Crippen molar-refractivity contribution in [1.29, 1.82) is 0 Å². The third-order valence-electron chi connectivity index (χ3n) is 2.32. The van der Waals surface area contributed by atoms with E-state index >= 15 is 0 Å². The first-order valence-electron chi connectivity index (χ1n) is 4.60. The van der Waals surface area contributed by atoms with Crippen LogP contribution >= 0.6 is 11.1 Å². The van der Waals surface area contributed by atoms with Gasteiger partial charge in [-0.3, -0.25) is 9.21 Å². The van der Waals surface area contributed by atoms with E-state index in [0.29, 0.717) is 13.1 Å². The number of nitrogens with zero attached hydrogens (tertiary/aromatic N) is 2. The van der Waals surface area contributed by atoms with E-state index in [0.717, 1.165) is 13.1 Å². The molecule has 14 heavy (non-hydrogen) atoms. The molecule has 0 unspecified atom stereocenters. The fourth-order valence-electron chi connectivity index (χ4n) is 1.55. The van der Waals surface area contributed by atoms with E-state index in [4.69, 9.17) is 0 Å². The van der Waals surface area contributed by atoms with Crippen molar-refractivity contribution in [2.24, 2.45) is 0 Å². The van der Waals surface area contributed by atoms with Gasteiger partial charge in [0, 0.05) is 26.2 Å². The normalized spacial score (nSPS) is 22.5. The van der Waals surface area contributed by atoms with Gasteiger partial charge in [-0.2, -0.15) is 13.2 Å². The van der Waals surface area contributed by atoms with Gasteiger partial charge in [-0.15, -0.1) is 0 Å². The Bertz CT molecular complexity index is 176. The fourth-order valence-corrected chi connectivity index (χ4v) is 2.53. The lowest BCUT2D eigenvalue weighted by molar-refractivity contribution is -0.147. The maximum Gasteiger partial charge on any atom is 0.401 e. The van der Waals surface area contributed by atoms with Gasteiger partial charge >= 0.3 is 6.18 Å². The predicted octanol–water partition coefficient (Wildman–Crippen LogP) is 1.34. The Labute approximate surface area is 85.5 Å². The quantitative estimate of drug-likeness (QED) is 0.715. The average molecular weight is 230 g/mol. The van der Waals surface area contributed by atoms with Crippen molar-refractivity contribution >= 4 is 11.1 Å². The Morgan fingerprint density at radius 1 is 1.07 bits per heavy atom. The molecule has 86 valence electrons. The molecule has 1 aliphatic heterocycles. The van der Waals surface area contributed by atoms with E-state index in [1.54, 1.807) is 0 Å². The van der Waals surface area contributed by atoms with E-state index in [1.807, 2.05) is 0 Å². The maximum atomic E-state index is 12.0. The molecule has 0 aromatic rings. The smallest absolute Gasteiger partial charge is 0.292 e. The van der Waals surface area contributed by atoms with Crippen molar-refractivity contribution in [1.82, 2.24) is 9.21 Å². The Balaban J connectivity index is 2.29. The molecule has 0 amide bonds. The minimum absolute atomic E-state index is 0.145. The number of thiol groups is 1. The number of rotatable bonds is 2. The molecule has 2 nitrogen and oxygen atoms in total. The minimum Gasteiger partial charge on any atom is -0.292 e. The lowest BCUT2D eigenvalue weighted by atomic mass is 10.3. The third kappa shape index (κ3) is 4.06. The summed E-state index contributed by atoms with van der Waals surface area (Å²) in [5, 5.41) is 0. The van der Waals surface area contributed by atoms with Gasteiger partial charge in [-0.1, -0.05) is 0 Å². The van der Waals surface area contributed by atoms with Crippen LogP contribution in [0.5, 0.6) is 0 Å². The molecule has 0 aromatic heterocycles.